The second kappa shape index (κ2) is 4.47. The van der Waals surface area contributed by atoms with Gasteiger partial charge in [-0.15, -0.1) is 0 Å². The fourth-order valence-corrected chi connectivity index (χ4v) is 4.40. The molecule has 118 valence electrons. The first-order valence-corrected chi connectivity index (χ1v) is 8.52. The SMILES string of the molecule is c1ccc2c(c1)C[C@@H]1OC(C3=N[C@H]4c5ccccc5C[C@@H]4O3)=N[C@H]21. The topological polar surface area (TPSA) is 43.2 Å². The van der Waals surface area contributed by atoms with E-state index in [0.717, 1.165) is 12.8 Å². The van der Waals surface area contributed by atoms with Crippen molar-refractivity contribution in [1.29, 1.82) is 0 Å². The Kier molecular flexibility index (Phi) is 2.38. The van der Waals surface area contributed by atoms with Gasteiger partial charge in [-0.3, -0.25) is 0 Å². The van der Waals surface area contributed by atoms with Crippen LogP contribution in [0.4, 0.5) is 0 Å². The molecule has 2 aromatic rings. The molecule has 0 unspecified atom stereocenters. The van der Waals surface area contributed by atoms with Crippen LogP contribution in [0.3, 0.4) is 0 Å². The lowest BCUT2D eigenvalue weighted by atomic mass is 10.1. The van der Waals surface area contributed by atoms with Crippen molar-refractivity contribution in [3.63, 3.8) is 0 Å². The molecule has 2 aliphatic carbocycles. The molecule has 0 radical (unpaired) electrons. The van der Waals surface area contributed by atoms with Gasteiger partial charge in [-0.2, -0.15) is 0 Å². The predicted octanol–water partition coefficient (Wildman–Crippen LogP) is 3.18. The number of aliphatic imine (C=N–C) groups is 2. The molecular weight excluding hydrogens is 300 g/mol. The van der Waals surface area contributed by atoms with Crippen molar-refractivity contribution in [2.75, 3.05) is 0 Å². The molecule has 2 heterocycles. The zero-order valence-electron chi connectivity index (χ0n) is 13.1. The van der Waals surface area contributed by atoms with E-state index in [1.807, 2.05) is 0 Å². The molecule has 0 aromatic heterocycles. The third-order valence-corrected chi connectivity index (χ3v) is 5.52. The normalized spacial score (nSPS) is 31.3. The predicted molar refractivity (Wildman–Crippen MR) is 90.4 cm³/mol. The molecule has 0 N–H and O–H groups in total. The largest absolute Gasteiger partial charge is 0.468 e. The van der Waals surface area contributed by atoms with Gasteiger partial charge >= 0.3 is 0 Å². The number of hydrogen-bond acceptors (Lipinski definition) is 4. The van der Waals surface area contributed by atoms with Crippen LogP contribution in [0.2, 0.25) is 0 Å². The summed E-state index contributed by atoms with van der Waals surface area (Å²) >= 11 is 0. The van der Waals surface area contributed by atoms with Crippen LogP contribution in [0, 0.1) is 0 Å². The Bertz CT molecular complexity index is 842. The van der Waals surface area contributed by atoms with Gasteiger partial charge in [0.25, 0.3) is 11.8 Å². The summed E-state index contributed by atoms with van der Waals surface area (Å²) in [5.74, 6) is 1.18. The van der Waals surface area contributed by atoms with Crippen LogP contribution in [-0.2, 0) is 22.3 Å². The molecule has 0 spiro atoms. The summed E-state index contributed by atoms with van der Waals surface area (Å²) in [6, 6.07) is 17.1. The van der Waals surface area contributed by atoms with Crippen LogP contribution in [0.15, 0.2) is 58.5 Å². The van der Waals surface area contributed by atoms with Crippen molar-refractivity contribution in [3.05, 3.63) is 70.8 Å². The number of benzene rings is 2. The van der Waals surface area contributed by atoms with Crippen LogP contribution in [0.25, 0.3) is 0 Å². The molecule has 2 aliphatic heterocycles. The molecule has 0 saturated carbocycles. The summed E-state index contributed by atoms with van der Waals surface area (Å²) in [5.41, 5.74) is 5.24. The smallest absolute Gasteiger partial charge is 0.274 e. The molecule has 4 atom stereocenters. The van der Waals surface area contributed by atoms with E-state index >= 15 is 0 Å². The molecular formula is C20H16N2O2. The quantitative estimate of drug-likeness (QED) is 0.811. The lowest BCUT2D eigenvalue weighted by Gasteiger charge is -2.10. The lowest BCUT2D eigenvalue weighted by Crippen LogP contribution is -2.22. The van der Waals surface area contributed by atoms with E-state index in [9.17, 15) is 0 Å². The van der Waals surface area contributed by atoms with Crippen molar-refractivity contribution in [1.82, 2.24) is 0 Å². The second-order valence-corrected chi connectivity index (χ2v) is 6.88. The van der Waals surface area contributed by atoms with E-state index in [1.165, 1.54) is 22.3 Å². The molecule has 4 nitrogen and oxygen atoms in total. The van der Waals surface area contributed by atoms with E-state index in [2.05, 4.69) is 48.5 Å². The van der Waals surface area contributed by atoms with E-state index < -0.39 is 0 Å². The summed E-state index contributed by atoms with van der Waals surface area (Å²) < 4.78 is 12.2. The first-order chi connectivity index (χ1) is 11.9. The van der Waals surface area contributed by atoms with Gasteiger partial charge in [-0.1, -0.05) is 48.5 Å². The van der Waals surface area contributed by atoms with Crippen molar-refractivity contribution >= 4 is 11.8 Å². The van der Waals surface area contributed by atoms with Gasteiger partial charge in [-0.25, -0.2) is 9.98 Å². The average molecular weight is 316 g/mol. The van der Waals surface area contributed by atoms with Gasteiger partial charge in [0.15, 0.2) is 0 Å². The highest BCUT2D eigenvalue weighted by Crippen LogP contribution is 2.43. The Morgan fingerprint density at radius 3 is 1.62 bits per heavy atom. The zero-order chi connectivity index (χ0) is 15.7. The third-order valence-electron chi connectivity index (χ3n) is 5.52. The lowest BCUT2D eigenvalue weighted by molar-refractivity contribution is 0.187. The number of nitrogens with zero attached hydrogens (tertiary/aromatic N) is 2. The summed E-state index contributed by atoms with van der Waals surface area (Å²) in [6.07, 6.45) is 2.01. The molecule has 4 heteroatoms. The molecule has 0 fully saturated rings. The molecule has 24 heavy (non-hydrogen) atoms. The highest BCUT2D eigenvalue weighted by Gasteiger charge is 2.45. The molecule has 0 amide bonds. The van der Waals surface area contributed by atoms with Crippen LogP contribution >= 0.6 is 0 Å². The minimum absolute atomic E-state index is 0.0928. The van der Waals surface area contributed by atoms with Gasteiger partial charge in [0.2, 0.25) is 0 Å². The third kappa shape index (κ3) is 1.63. The fourth-order valence-electron chi connectivity index (χ4n) is 4.40. The number of ether oxygens (including phenoxy) is 2. The number of hydrogen-bond donors (Lipinski definition) is 0. The Balaban J connectivity index is 1.34. The van der Waals surface area contributed by atoms with Crippen molar-refractivity contribution in [3.8, 4) is 0 Å². The minimum atomic E-state index is 0.0928. The maximum absolute atomic E-state index is 6.10. The van der Waals surface area contributed by atoms with Crippen LogP contribution in [0.5, 0.6) is 0 Å². The fraction of sp³-hybridized carbons (Fsp3) is 0.300. The van der Waals surface area contributed by atoms with Gasteiger partial charge in [0, 0.05) is 12.8 Å². The highest BCUT2D eigenvalue weighted by atomic mass is 16.6. The van der Waals surface area contributed by atoms with E-state index in [0.29, 0.717) is 11.8 Å². The average Bonchev–Trinajstić information content (AvgIpc) is 3.31. The van der Waals surface area contributed by atoms with Gasteiger partial charge < -0.3 is 9.47 Å². The molecule has 6 rings (SSSR count). The Hall–Kier alpha value is -2.62. The molecule has 0 saturated heterocycles. The first kappa shape index (κ1) is 12.8. The minimum Gasteiger partial charge on any atom is -0.468 e. The first-order valence-electron chi connectivity index (χ1n) is 8.52. The second-order valence-electron chi connectivity index (χ2n) is 6.88. The van der Waals surface area contributed by atoms with Crippen LogP contribution in [0.1, 0.15) is 34.3 Å². The molecule has 2 aromatic carbocycles. The Morgan fingerprint density at radius 2 is 1.12 bits per heavy atom. The van der Waals surface area contributed by atoms with Crippen LogP contribution < -0.4 is 0 Å². The molecule has 4 aliphatic rings. The monoisotopic (exact) mass is 316 g/mol. The van der Waals surface area contributed by atoms with Gasteiger partial charge in [0.1, 0.15) is 24.3 Å². The van der Waals surface area contributed by atoms with Gasteiger partial charge in [0.05, 0.1) is 0 Å². The summed E-state index contributed by atoms with van der Waals surface area (Å²) in [6.45, 7) is 0. The Labute approximate surface area is 139 Å². The molecule has 0 bridgehead atoms. The number of fused-ring (bicyclic) bond motifs is 6. The maximum atomic E-state index is 6.10. The van der Waals surface area contributed by atoms with Crippen molar-refractivity contribution in [2.24, 2.45) is 9.98 Å². The van der Waals surface area contributed by atoms with Crippen molar-refractivity contribution < 1.29 is 9.47 Å². The van der Waals surface area contributed by atoms with E-state index in [-0.39, 0.29) is 24.3 Å². The van der Waals surface area contributed by atoms with E-state index in [4.69, 9.17) is 19.5 Å². The van der Waals surface area contributed by atoms with Crippen molar-refractivity contribution in [2.45, 2.75) is 37.1 Å². The standard InChI is InChI=1S/C20H16N2O2/c1-3-7-13-11(5-1)9-15-17(13)21-19(23-15)20-22-18-14-8-4-2-6-12(14)10-16(18)24-20/h1-8,15-18H,9-10H2/t15-,16-,17-,18+/m0/s1. The summed E-state index contributed by atoms with van der Waals surface area (Å²) in [5, 5.41) is 0. The zero-order valence-corrected chi connectivity index (χ0v) is 13.1. The summed E-state index contributed by atoms with van der Waals surface area (Å²) in [7, 11) is 0. The summed E-state index contributed by atoms with van der Waals surface area (Å²) in [4.78, 5) is 9.59. The van der Waals surface area contributed by atoms with E-state index in [1.54, 1.807) is 0 Å². The van der Waals surface area contributed by atoms with Gasteiger partial charge in [-0.05, 0) is 22.3 Å². The maximum Gasteiger partial charge on any atom is 0.274 e. The highest BCUT2D eigenvalue weighted by molar-refractivity contribution is 6.36. The Morgan fingerprint density at radius 1 is 0.667 bits per heavy atom. The number of rotatable bonds is 1. The van der Waals surface area contributed by atoms with Crippen LogP contribution in [-0.4, -0.2) is 24.0 Å².